The van der Waals surface area contributed by atoms with Crippen molar-refractivity contribution in [3.8, 4) is 0 Å². The van der Waals surface area contributed by atoms with Gasteiger partial charge >= 0.3 is 5.97 Å². The summed E-state index contributed by atoms with van der Waals surface area (Å²) in [5, 5.41) is 0. The smallest absolute Gasteiger partial charge is 0.309 e. The van der Waals surface area contributed by atoms with E-state index < -0.39 is 0 Å². The summed E-state index contributed by atoms with van der Waals surface area (Å²) in [6.45, 7) is 6.45. The molecule has 0 N–H and O–H groups in total. The molecular formula is C13H19BrO2. The van der Waals surface area contributed by atoms with E-state index in [1.54, 1.807) is 0 Å². The molecular weight excluding hydrogens is 268 g/mol. The van der Waals surface area contributed by atoms with Crippen molar-refractivity contribution >= 4 is 21.9 Å². The minimum Gasteiger partial charge on any atom is -0.466 e. The Balaban J connectivity index is 2.59. The molecule has 0 aromatic heterocycles. The third-order valence-electron chi connectivity index (χ3n) is 2.80. The van der Waals surface area contributed by atoms with Crippen molar-refractivity contribution < 1.29 is 9.53 Å². The second-order valence-corrected chi connectivity index (χ2v) is 5.33. The Hall–Kier alpha value is -0.570. The molecule has 2 nitrogen and oxygen atoms in total. The highest BCUT2D eigenvalue weighted by atomic mass is 79.9. The Morgan fingerprint density at radius 3 is 2.69 bits per heavy atom. The molecule has 0 bridgehead atoms. The predicted octanol–water partition coefficient (Wildman–Crippen LogP) is 3.68. The van der Waals surface area contributed by atoms with Crippen LogP contribution in [0, 0.1) is 17.8 Å². The Labute approximate surface area is 106 Å². The van der Waals surface area contributed by atoms with Gasteiger partial charge in [0.05, 0.1) is 12.5 Å². The highest BCUT2D eigenvalue weighted by Gasteiger charge is 2.26. The van der Waals surface area contributed by atoms with Gasteiger partial charge in [-0.25, -0.2) is 0 Å². The average Bonchev–Trinajstić information content (AvgIpc) is 2.60. The van der Waals surface area contributed by atoms with Crippen LogP contribution in [0.4, 0.5) is 0 Å². The maximum absolute atomic E-state index is 11.8. The zero-order valence-corrected chi connectivity index (χ0v) is 11.7. The van der Waals surface area contributed by atoms with Crippen LogP contribution in [0.15, 0.2) is 22.7 Å². The van der Waals surface area contributed by atoms with Crippen molar-refractivity contribution in [1.82, 2.24) is 0 Å². The first-order chi connectivity index (χ1) is 7.54. The van der Waals surface area contributed by atoms with Gasteiger partial charge in [0.25, 0.3) is 0 Å². The summed E-state index contributed by atoms with van der Waals surface area (Å²) in [7, 11) is 0. The monoisotopic (exact) mass is 286 g/mol. The number of hydrogen-bond donors (Lipinski definition) is 0. The van der Waals surface area contributed by atoms with Crippen molar-refractivity contribution in [2.24, 2.45) is 17.8 Å². The summed E-state index contributed by atoms with van der Waals surface area (Å²) < 4.78 is 6.21. The third kappa shape index (κ3) is 3.78. The number of esters is 1. The van der Waals surface area contributed by atoms with Crippen LogP contribution in [0.3, 0.4) is 0 Å². The van der Waals surface area contributed by atoms with Crippen LogP contribution in [-0.4, -0.2) is 12.6 Å². The SMILES string of the molecule is CCOC(=O)C(CC1C=CC(Br)=C1)C(C)C. The molecule has 1 aliphatic rings. The van der Waals surface area contributed by atoms with E-state index in [9.17, 15) is 4.79 Å². The lowest BCUT2D eigenvalue weighted by Crippen LogP contribution is -2.24. The van der Waals surface area contributed by atoms with Crippen LogP contribution < -0.4 is 0 Å². The fourth-order valence-electron chi connectivity index (χ4n) is 1.86. The van der Waals surface area contributed by atoms with Gasteiger partial charge in [0.15, 0.2) is 0 Å². The van der Waals surface area contributed by atoms with E-state index >= 15 is 0 Å². The zero-order chi connectivity index (χ0) is 12.1. The summed E-state index contributed by atoms with van der Waals surface area (Å²) in [6, 6.07) is 0. The van der Waals surface area contributed by atoms with Crippen molar-refractivity contribution in [3.63, 3.8) is 0 Å². The lowest BCUT2D eigenvalue weighted by Gasteiger charge is -2.20. The van der Waals surface area contributed by atoms with Crippen molar-refractivity contribution in [2.45, 2.75) is 27.2 Å². The minimum atomic E-state index is -0.0673. The molecule has 1 aliphatic carbocycles. The third-order valence-corrected chi connectivity index (χ3v) is 3.32. The Morgan fingerprint density at radius 1 is 1.56 bits per heavy atom. The van der Waals surface area contributed by atoms with Gasteiger partial charge in [-0.1, -0.05) is 48.0 Å². The van der Waals surface area contributed by atoms with E-state index in [1.165, 1.54) is 0 Å². The van der Waals surface area contributed by atoms with Crippen LogP contribution >= 0.6 is 15.9 Å². The van der Waals surface area contributed by atoms with Crippen molar-refractivity contribution in [2.75, 3.05) is 6.61 Å². The molecule has 0 radical (unpaired) electrons. The number of hydrogen-bond acceptors (Lipinski definition) is 2. The molecule has 16 heavy (non-hydrogen) atoms. The second-order valence-electron chi connectivity index (χ2n) is 4.41. The first-order valence-corrected chi connectivity index (χ1v) is 6.56. The predicted molar refractivity (Wildman–Crippen MR) is 69.2 cm³/mol. The number of carbonyl (C=O) groups is 1. The topological polar surface area (TPSA) is 26.3 Å². The fraction of sp³-hybridized carbons (Fsp3) is 0.615. The number of ether oxygens (including phenoxy) is 1. The summed E-state index contributed by atoms with van der Waals surface area (Å²) in [4.78, 5) is 11.8. The maximum Gasteiger partial charge on any atom is 0.309 e. The Kier molecular flexibility index (Phi) is 5.26. The molecule has 0 amide bonds. The standard InChI is InChI=1S/C13H19BrO2/c1-4-16-13(15)12(9(2)3)8-10-5-6-11(14)7-10/h5-7,9-10,12H,4,8H2,1-3H3. The van der Waals surface area contributed by atoms with E-state index in [1.807, 2.05) is 13.0 Å². The molecule has 3 heteroatoms. The molecule has 0 spiro atoms. The highest BCUT2D eigenvalue weighted by Crippen LogP contribution is 2.29. The van der Waals surface area contributed by atoms with Gasteiger partial charge in [0, 0.05) is 4.48 Å². The number of halogens is 1. The van der Waals surface area contributed by atoms with Gasteiger partial charge in [-0.15, -0.1) is 0 Å². The van der Waals surface area contributed by atoms with E-state index in [2.05, 4.69) is 41.9 Å². The molecule has 0 aromatic rings. The van der Waals surface area contributed by atoms with Gasteiger partial charge in [-0.2, -0.15) is 0 Å². The molecule has 90 valence electrons. The molecule has 0 aromatic carbocycles. The van der Waals surface area contributed by atoms with Crippen molar-refractivity contribution in [1.29, 1.82) is 0 Å². The Morgan fingerprint density at radius 2 is 2.25 bits per heavy atom. The van der Waals surface area contributed by atoms with Gasteiger partial charge in [-0.3, -0.25) is 4.79 Å². The lowest BCUT2D eigenvalue weighted by atomic mass is 9.87. The van der Waals surface area contributed by atoms with E-state index in [0.29, 0.717) is 18.4 Å². The average molecular weight is 287 g/mol. The summed E-state index contributed by atoms with van der Waals surface area (Å²) >= 11 is 3.43. The molecule has 0 saturated carbocycles. The summed E-state index contributed by atoms with van der Waals surface area (Å²) in [5.74, 6) is 0.595. The minimum absolute atomic E-state index is 0.00995. The summed E-state index contributed by atoms with van der Waals surface area (Å²) in [6.07, 6.45) is 7.13. The fourth-order valence-corrected chi connectivity index (χ4v) is 2.35. The van der Waals surface area contributed by atoms with Gasteiger partial charge in [0.2, 0.25) is 0 Å². The molecule has 2 unspecified atom stereocenters. The molecule has 0 aliphatic heterocycles. The first kappa shape index (κ1) is 13.5. The number of allylic oxidation sites excluding steroid dienone is 4. The largest absolute Gasteiger partial charge is 0.466 e. The van der Waals surface area contributed by atoms with E-state index in [-0.39, 0.29) is 11.9 Å². The maximum atomic E-state index is 11.8. The Bertz CT molecular complexity index is 305. The number of rotatable bonds is 5. The van der Waals surface area contributed by atoms with Crippen LogP contribution in [0.5, 0.6) is 0 Å². The van der Waals surface area contributed by atoms with Gasteiger partial charge in [-0.05, 0) is 25.2 Å². The molecule has 0 saturated heterocycles. The van der Waals surface area contributed by atoms with E-state index in [0.717, 1.165) is 10.9 Å². The molecule has 1 rings (SSSR count). The lowest BCUT2D eigenvalue weighted by molar-refractivity contribution is -0.150. The van der Waals surface area contributed by atoms with Crippen molar-refractivity contribution in [3.05, 3.63) is 22.7 Å². The number of carbonyl (C=O) groups excluding carboxylic acids is 1. The van der Waals surface area contributed by atoms with Crippen LogP contribution in [0.1, 0.15) is 27.2 Å². The van der Waals surface area contributed by atoms with Crippen LogP contribution in [-0.2, 0) is 9.53 Å². The second kappa shape index (κ2) is 6.24. The summed E-state index contributed by atoms with van der Waals surface area (Å²) in [5.41, 5.74) is 0. The van der Waals surface area contributed by atoms with Gasteiger partial charge < -0.3 is 4.74 Å². The normalized spacial score (nSPS) is 21.1. The highest BCUT2D eigenvalue weighted by molar-refractivity contribution is 9.11. The first-order valence-electron chi connectivity index (χ1n) is 5.76. The van der Waals surface area contributed by atoms with Crippen LogP contribution in [0.2, 0.25) is 0 Å². The molecule has 2 atom stereocenters. The van der Waals surface area contributed by atoms with E-state index in [4.69, 9.17) is 4.74 Å². The quantitative estimate of drug-likeness (QED) is 0.721. The van der Waals surface area contributed by atoms with Crippen LogP contribution in [0.25, 0.3) is 0 Å². The zero-order valence-electron chi connectivity index (χ0n) is 10.1. The van der Waals surface area contributed by atoms with Gasteiger partial charge in [0.1, 0.15) is 0 Å². The molecule has 0 fully saturated rings. The molecule has 0 heterocycles.